The van der Waals surface area contributed by atoms with Gasteiger partial charge in [0.15, 0.2) is 34.8 Å². The normalized spacial score (nSPS) is 12.0. The number of carbonyl (C=O) groups is 2. The molecule has 0 saturated heterocycles. The van der Waals surface area contributed by atoms with Gasteiger partial charge in [0.2, 0.25) is 20.0 Å². The van der Waals surface area contributed by atoms with Gasteiger partial charge in [-0.15, -0.1) is 0 Å². The standard InChI is InChI=1S/C30H34F2NO8PS.C28H30F2NO8PS.Li.H2O/c1-5-38-30(34)21(4)16-24-17-27(31)29(28(32)18-24)41-25-12-14-26(15-13-25)43(36,37)33-19-22-8-10-23(11-9-22)20-42(35,39-6-2)40-7-3;1-4-37-40(34,38-5-2)18-21-8-6-20(7-9-21)17-31-41(35,36)24-12-10-23(11-13-24)39-27-25(29)15-22(16-26(27)30)14-19(3)28(32)33;;/h8-18,33H,5-7,19-20H2,1-4H3;6-16,31H,4-5,17-18H2,1-3H3,(H,32,33);;1H2/q;;+1;/p-1/b21-16+;19-14+;;. The van der Waals surface area contributed by atoms with Gasteiger partial charge in [0.1, 0.15) is 11.5 Å². The van der Waals surface area contributed by atoms with Crippen LogP contribution < -0.4 is 37.8 Å². The van der Waals surface area contributed by atoms with Crippen LogP contribution in [0.2, 0.25) is 0 Å². The molecular weight excluding hydrogens is 1210 g/mol. The molecule has 0 atom stereocenters. The van der Waals surface area contributed by atoms with Crippen LogP contribution in [0.5, 0.6) is 23.0 Å². The second kappa shape index (κ2) is 34.3. The van der Waals surface area contributed by atoms with E-state index in [1.807, 2.05) is 0 Å². The minimum Gasteiger partial charge on any atom is -0.870 e. The van der Waals surface area contributed by atoms with Crippen LogP contribution in [0.15, 0.2) is 142 Å². The first-order valence-electron chi connectivity index (χ1n) is 26.0. The summed E-state index contributed by atoms with van der Waals surface area (Å²) in [5, 5.41) is 8.93. The van der Waals surface area contributed by atoms with Gasteiger partial charge in [-0.25, -0.2) is 53.4 Å². The predicted molar refractivity (Wildman–Crippen MR) is 309 cm³/mol. The van der Waals surface area contributed by atoms with Crippen molar-refractivity contribution in [2.24, 2.45) is 0 Å². The molecule has 6 aromatic rings. The number of halogens is 4. The van der Waals surface area contributed by atoms with Crippen LogP contribution in [-0.2, 0) is 87.0 Å². The summed E-state index contributed by atoms with van der Waals surface area (Å²) >= 11 is 0. The Kier molecular flexibility index (Phi) is 29.5. The van der Waals surface area contributed by atoms with Crippen molar-refractivity contribution in [3.63, 3.8) is 0 Å². The van der Waals surface area contributed by atoms with Gasteiger partial charge in [0.05, 0.1) is 55.1 Å². The number of carboxylic acid groups (broad SMARTS) is 1. The van der Waals surface area contributed by atoms with Crippen molar-refractivity contribution < 1.29 is 115 Å². The zero-order valence-electron chi connectivity index (χ0n) is 48.3. The number of benzene rings is 6. The number of esters is 1. The van der Waals surface area contributed by atoms with E-state index < -0.39 is 81.9 Å². The zero-order valence-corrected chi connectivity index (χ0v) is 51.7. The Labute approximate surface area is 509 Å². The first-order valence-corrected chi connectivity index (χ1v) is 32.4. The quantitative estimate of drug-likeness (QED) is 0.0129. The molecule has 0 radical (unpaired) electrons. The van der Waals surface area contributed by atoms with Crippen molar-refractivity contribution >= 4 is 59.3 Å². The summed E-state index contributed by atoms with van der Waals surface area (Å²) in [6, 6.07) is 27.6. The van der Waals surface area contributed by atoms with Crippen LogP contribution in [0, 0.1) is 23.3 Å². The summed E-state index contributed by atoms with van der Waals surface area (Å²) in [4.78, 5) is 22.5. The van der Waals surface area contributed by atoms with Crippen molar-refractivity contribution in [1.82, 2.24) is 9.44 Å². The molecule has 0 spiro atoms. The van der Waals surface area contributed by atoms with Crippen LogP contribution in [0.4, 0.5) is 17.6 Å². The van der Waals surface area contributed by atoms with E-state index in [-0.39, 0.29) is 126 Å². The minimum atomic E-state index is -3.93. The first-order chi connectivity index (χ1) is 39.7. The largest absolute Gasteiger partial charge is 1.00 e. The summed E-state index contributed by atoms with van der Waals surface area (Å²) in [7, 11) is -14.4. The van der Waals surface area contributed by atoms with Crippen molar-refractivity contribution in [2.75, 3.05) is 33.0 Å². The van der Waals surface area contributed by atoms with E-state index in [2.05, 4.69) is 9.44 Å². The summed E-state index contributed by atoms with van der Waals surface area (Å²) in [6.07, 6.45) is 2.59. The van der Waals surface area contributed by atoms with E-state index in [1.165, 1.54) is 68.5 Å². The number of carbonyl (C=O) groups excluding carboxylic acids is 1. The Balaban J connectivity index is 0.000000440. The summed E-state index contributed by atoms with van der Waals surface area (Å²) in [6.45, 7) is 12.5. The monoisotopic (exact) mass is 1270 g/mol. The average molecular weight is 1270 g/mol. The summed E-state index contributed by atoms with van der Waals surface area (Å²) in [5.74, 6) is -7.36. The van der Waals surface area contributed by atoms with Gasteiger partial charge < -0.3 is 42.9 Å². The van der Waals surface area contributed by atoms with Gasteiger partial charge in [-0.3, -0.25) is 9.13 Å². The topological polar surface area (TPSA) is 275 Å². The molecule has 0 heterocycles. The number of aliphatic carboxylic acids is 1. The van der Waals surface area contributed by atoms with Crippen LogP contribution in [0.25, 0.3) is 12.2 Å². The average Bonchev–Trinajstić information content (AvgIpc) is 3.43. The molecule has 0 fully saturated rings. The molecule has 28 heteroatoms. The second-order valence-corrected chi connectivity index (χ2v) is 25.6. The van der Waals surface area contributed by atoms with Gasteiger partial charge in [-0.1, -0.05) is 48.5 Å². The molecule has 0 aromatic heterocycles. The van der Waals surface area contributed by atoms with E-state index in [1.54, 1.807) is 83.1 Å². The maximum absolute atomic E-state index is 14.7. The molecule has 0 bridgehead atoms. The van der Waals surface area contributed by atoms with Crippen molar-refractivity contribution in [3.05, 3.63) is 189 Å². The van der Waals surface area contributed by atoms with Crippen molar-refractivity contribution in [2.45, 2.75) is 83.7 Å². The molecule has 86 heavy (non-hydrogen) atoms. The molecule has 460 valence electrons. The Morgan fingerprint density at radius 3 is 1.09 bits per heavy atom. The molecule has 4 N–H and O–H groups in total. The van der Waals surface area contributed by atoms with E-state index in [0.717, 1.165) is 35.9 Å². The van der Waals surface area contributed by atoms with Gasteiger partial charge in [-0.05, 0) is 167 Å². The van der Waals surface area contributed by atoms with E-state index in [0.29, 0.717) is 16.7 Å². The van der Waals surface area contributed by atoms with Gasteiger partial charge in [0, 0.05) is 24.2 Å². The number of hydrogen-bond acceptors (Lipinski definition) is 16. The summed E-state index contributed by atoms with van der Waals surface area (Å²) in [5.41, 5.74) is 2.93. The van der Waals surface area contributed by atoms with Crippen LogP contribution in [-0.4, -0.2) is 72.4 Å². The number of hydrogen-bond donors (Lipinski definition) is 3. The zero-order chi connectivity index (χ0) is 61.8. The predicted octanol–water partition coefficient (Wildman–Crippen LogP) is 10.3. The van der Waals surface area contributed by atoms with E-state index >= 15 is 0 Å². The number of rotatable bonds is 29. The van der Waals surface area contributed by atoms with Crippen molar-refractivity contribution in [1.29, 1.82) is 0 Å². The molecule has 0 aliphatic heterocycles. The fourth-order valence-corrected chi connectivity index (χ4v) is 13.0. The Hall–Kier alpha value is -6.26. The number of nitrogens with one attached hydrogen (secondary N) is 2. The maximum Gasteiger partial charge on any atom is 1.00 e. The molecule has 19 nitrogen and oxygen atoms in total. The maximum atomic E-state index is 14.7. The number of sulfonamides is 2. The number of carboxylic acids is 1. The fraction of sp³-hybridized carbons (Fsp3) is 0.276. The molecule has 0 aliphatic carbocycles. The molecule has 0 amide bonds. The fourth-order valence-electron chi connectivity index (χ4n) is 7.54. The van der Waals surface area contributed by atoms with Crippen LogP contribution >= 0.6 is 15.2 Å². The van der Waals surface area contributed by atoms with Crippen molar-refractivity contribution in [3.8, 4) is 23.0 Å². The third-order valence-corrected chi connectivity index (χ3v) is 18.4. The van der Waals surface area contributed by atoms with Gasteiger partial charge in [-0.2, -0.15) is 0 Å². The third-order valence-electron chi connectivity index (χ3n) is 11.5. The van der Waals surface area contributed by atoms with E-state index in [4.69, 9.17) is 37.4 Å². The van der Waals surface area contributed by atoms with Gasteiger partial charge >= 0.3 is 46.0 Å². The molecule has 6 rings (SSSR count). The minimum absolute atomic E-state index is 0. The van der Waals surface area contributed by atoms with Crippen LogP contribution in [0.1, 0.15) is 81.8 Å². The molecule has 6 aromatic carbocycles. The SMILES string of the molecule is CCOC(=O)/C(C)=C/c1cc(F)c(Oc2ccc(S(=O)(=O)NCc3ccc(CP(=O)(OCC)OCC)cc3)cc2)c(F)c1.CCOP(=O)(Cc1ccc(CNS(=O)(=O)c2ccc(Oc3c(F)cc(/C=C(\C)C(=O)O)cc3F)cc2)cc1)OCC.[Li+].[OH-]. The van der Waals surface area contributed by atoms with Crippen LogP contribution in [0.3, 0.4) is 0 Å². The Morgan fingerprint density at radius 1 is 0.500 bits per heavy atom. The van der Waals surface area contributed by atoms with Gasteiger partial charge in [0.25, 0.3) is 0 Å². The van der Waals surface area contributed by atoms with E-state index in [9.17, 15) is 53.1 Å². The molecule has 0 unspecified atom stereocenters. The first kappa shape index (κ1) is 74.0. The Bertz CT molecular complexity index is 3570. The molecule has 0 saturated carbocycles. The Morgan fingerprint density at radius 2 is 0.802 bits per heavy atom. The molecular formula is C58H65F4LiN2O17P2S2. The second-order valence-electron chi connectivity index (χ2n) is 17.9. The smallest absolute Gasteiger partial charge is 0.870 e. The third kappa shape index (κ3) is 22.5. The molecule has 0 aliphatic rings. The summed E-state index contributed by atoms with van der Waals surface area (Å²) < 4.78 is 177. The number of ether oxygens (including phenoxy) is 3.